The molecule has 2 aliphatic rings. The van der Waals surface area contributed by atoms with E-state index in [1.54, 1.807) is 25.1 Å². The highest BCUT2D eigenvalue weighted by atomic mass is 35.5. The molecule has 0 saturated heterocycles. The molecule has 1 amide bonds. The molecule has 1 aliphatic carbocycles. The molecule has 6 heteroatoms. The molecule has 5 nitrogen and oxygen atoms in total. The van der Waals surface area contributed by atoms with Crippen LogP contribution in [0.5, 0.6) is 5.75 Å². The first-order valence-corrected chi connectivity index (χ1v) is 7.81. The van der Waals surface area contributed by atoms with Crippen molar-refractivity contribution < 1.29 is 19.4 Å². The Kier molecular flexibility index (Phi) is 4.00. The third-order valence-electron chi connectivity index (χ3n) is 4.25. The molecule has 1 saturated carbocycles. The van der Waals surface area contributed by atoms with Crippen LogP contribution >= 0.6 is 11.6 Å². The summed E-state index contributed by atoms with van der Waals surface area (Å²) in [7, 11) is 0. The van der Waals surface area contributed by atoms with Crippen LogP contribution in [0.2, 0.25) is 5.02 Å². The first kappa shape index (κ1) is 15.2. The molecule has 1 aromatic rings. The molecular formula is C16H18ClNO4. The number of carboxylic acids is 1. The Morgan fingerprint density at radius 3 is 2.77 bits per heavy atom. The summed E-state index contributed by atoms with van der Waals surface area (Å²) in [5.41, 5.74) is 0.899. The standard InChI is InChI=1S/C16H18ClNO4/c1-9(16(20)21)18(13-3-4-13)15(19)11-6-10-7-12(17)2-5-14(10)22-8-11/h2,5,7,9,11,13H,3-4,6,8H2,1H3,(H,20,21). The zero-order valence-corrected chi connectivity index (χ0v) is 13.0. The van der Waals surface area contributed by atoms with E-state index in [2.05, 4.69) is 0 Å². The Bertz CT molecular complexity index is 614. The quantitative estimate of drug-likeness (QED) is 0.923. The van der Waals surface area contributed by atoms with Crippen molar-refractivity contribution in [3.8, 4) is 5.75 Å². The molecule has 1 N–H and O–H groups in total. The molecule has 118 valence electrons. The predicted octanol–water partition coefficient (Wildman–Crippen LogP) is 2.36. The van der Waals surface area contributed by atoms with Gasteiger partial charge in [-0.05, 0) is 49.9 Å². The highest BCUT2D eigenvalue weighted by Crippen LogP contribution is 2.34. The van der Waals surface area contributed by atoms with Crippen LogP contribution in [-0.4, -0.2) is 40.6 Å². The van der Waals surface area contributed by atoms with E-state index in [0.29, 0.717) is 11.4 Å². The highest BCUT2D eigenvalue weighted by molar-refractivity contribution is 6.30. The molecular weight excluding hydrogens is 306 g/mol. The molecule has 0 bridgehead atoms. The molecule has 22 heavy (non-hydrogen) atoms. The van der Waals surface area contributed by atoms with Crippen LogP contribution in [0.4, 0.5) is 0 Å². The number of fused-ring (bicyclic) bond motifs is 1. The number of halogens is 1. The fraction of sp³-hybridized carbons (Fsp3) is 0.500. The summed E-state index contributed by atoms with van der Waals surface area (Å²) in [4.78, 5) is 25.6. The number of ether oxygens (including phenoxy) is 1. The van der Waals surface area contributed by atoms with Crippen LogP contribution in [0, 0.1) is 5.92 Å². The molecule has 1 aromatic carbocycles. The van der Waals surface area contributed by atoms with E-state index in [1.165, 1.54) is 4.90 Å². The highest BCUT2D eigenvalue weighted by Gasteiger charge is 2.41. The second-order valence-electron chi connectivity index (χ2n) is 5.95. The number of amides is 1. The Balaban J connectivity index is 1.78. The van der Waals surface area contributed by atoms with Gasteiger partial charge in [-0.1, -0.05) is 11.6 Å². The van der Waals surface area contributed by atoms with E-state index in [0.717, 1.165) is 24.2 Å². The van der Waals surface area contributed by atoms with Crippen molar-refractivity contribution in [2.45, 2.75) is 38.3 Å². The zero-order valence-electron chi connectivity index (χ0n) is 12.3. The Morgan fingerprint density at radius 2 is 2.14 bits per heavy atom. The third-order valence-corrected chi connectivity index (χ3v) is 4.48. The molecule has 0 aromatic heterocycles. The van der Waals surface area contributed by atoms with Crippen LogP contribution < -0.4 is 4.74 Å². The van der Waals surface area contributed by atoms with E-state index >= 15 is 0 Å². The SMILES string of the molecule is CC(C(=O)O)N(C(=O)C1COc2ccc(Cl)cc2C1)C1CC1. The van der Waals surface area contributed by atoms with Gasteiger partial charge in [0.15, 0.2) is 0 Å². The minimum absolute atomic E-state index is 0.0550. The Hall–Kier alpha value is -1.75. The number of aliphatic carboxylic acids is 1. The summed E-state index contributed by atoms with van der Waals surface area (Å²) >= 11 is 5.99. The maximum atomic E-state index is 12.8. The molecule has 2 unspecified atom stereocenters. The van der Waals surface area contributed by atoms with Crippen molar-refractivity contribution in [1.82, 2.24) is 4.90 Å². The van der Waals surface area contributed by atoms with E-state index < -0.39 is 12.0 Å². The van der Waals surface area contributed by atoms with Crippen molar-refractivity contribution in [1.29, 1.82) is 0 Å². The lowest BCUT2D eigenvalue weighted by molar-refractivity contribution is -0.152. The smallest absolute Gasteiger partial charge is 0.326 e. The lowest BCUT2D eigenvalue weighted by Gasteiger charge is -2.32. The number of carbonyl (C=O) groups is 2. The lowest BCUT2D eigenvalue weighted by atomic mass is 9.95. The average Bonchev–Trinajstić information content (AvgIpc) is 3.31. The number of benzene rings is 1. The second kappa shape index (κ2) is 5.80. The molecule has 1 heterocycles. The van der Waals surface area contributed by atoms with Gasteiger partial charge in [-0.3, -0.25) is 4.79 Å². The van der Waals surface area contributed by atoms with Gasteiger partial charge in [0.2, 0.25) is 5.91 Å². The summed E-state index contributed by atoms with van der Waals surface area (Å²) < 4.78 is 5.65. The van der Waals surface area contributed by atoms with Gasteiger partial charge in [-0.2, -0.15) is 0 Å². The van der Waals surface area contributed by atoms with Crippen molar-refractivity contribution in [3.05, 3.63) is 28.8 Å². The average molecular weight is 324 g/mol. The van der Waals surface area contributed by atoms with Crippen LogP contribution in [0.25, 0.3) is 0 Å². The number of carboxylic acid groups (broad SMARTS) is 1. The first-order valence-electron chi connectivity index (χ1n) is 7.43. The minimum Gasteiger partial charge on any atom is -0.492 e. The van der Waals surface area contributed by atoms with Gasteiger partial charge in [0, 0.05) is 11.1 Å². The van der Waals surface area contributed by atoms with E-state index in [-0.39, 0.29) is 24.5 Å². The molecule has 0 spiro atoms. The van der Waals surface area contributed by atoms with Crippen molar-refractivity contribution in [2.24, 2.45) is 5.92 Å². The van der Waals surface area contributed by atoms with Crippen LogP contribution in [-0.2, 0) is 16.0 Å². The molecule has 1 fully saturated rings. The monoisotopic (exact) mass is 323 g/mol. The molecule has 1 aliphatic heterocycles. The van der Waals surface area contributed by atoms with Crippen LogP contribution in [0.3, 0.4) is 0 Å². The van der Waals surface area contributed by atoms with Crippen molar-refractivity contribution in [2.75, 3.05) is 6.61 Å². The third kappa shape index (κ3) is 2.90. The Labute approximate surface area is 133 Å². The van der Waals surface area contributed by atoms with Gasteiger partial charge < -0.3 is 14.7 Å². The van der Waals surface area contributed by atoms with E-state index in [1.807, 2.05) is 0 Å². The molecule has 0 radical (unpaired) electrons. The number of rotatable bonds is 4. The maximum Gasteiger partial charge on any atom is 0.326 e. The second-order valence-corrected chi connectivity index (χ2v) is 6.39. The number of hydrogen-bond donors (Lipinski definition) is 1. The van der Waals surface area contributed by atoms with Gasteiger partial charge in [0.1, 0.15) is 18.4 Å². The fourth-order valence-electron chi connectivity index (χ4n) is 2.89. The molecule has 3 rings (SSSR count). The van der Waals surface area contributed by atoms with Gasteiger partial charge >= 0.3 is 5.97 Å². The summed E-state index contributed by atoms with van der Waals surface area (Å²) in [6, 6.07) is 4.61. The van der Waals surface area contributed by atoms with Gasteiger partial charge in [0.25, 0.3) is 0 Å². The number of hydrogen-bond acceptors (Lipinski definition) is 3. The lowest BCUT2D eigenvalue weighted by Crippen LogP contribution is -2.49. The summed E-state index contributed by atoms with van der Waals surface area (Å²) in [5.74, 6) is -0.713. The van der Waals surface area contributed by atoms with Gasteiger partial charge in [0.05, 0.1) is 5.92 Å². The fourth-order valence-corrected chi connectivity index (χ4v) is 3.09. The summed E-state index contributed by atoms with van der Waals surface area (Å²) in [6.45, 7) is 1.84. The zero-order chi connectivity index (χ0) is 15.9. The normalized spacial score (nSPS) is 21.5. The van der Waals surface area contributed by atoms with Gasteiger partial charge in [-0.15, -0.1) is 0 Å². The van der Waals surface area contributed by atoms with Gasteiger partial charge in [-0.25, -0.2) is 4.79 Å². The number of carbonyl (C=O) groups excluding carboxylic acids is 1. The van der Waals surface area contributed by atoms with Crippen LogP contribution in [0.15, 0.2) is 18.2 Å². The summed E-state index contributed by atoms with van der Waals surface area (Å²) in [5, 5.41) is 9.83. The topological polar surface area (TPSA) is 66.8 Å². The van der Waals surface area contributed by atoms with E-state index in [9.17, 15) is 14.7 Å². The predicted molar refractivity (Wildman–Crippen MR) is 81.1 cm³/mol. The molecule has 2 atom stereocenters. The summed E-state index contributed by atoms with van der Waals surface area (Å²) in [6.07, 6.45) is 2.28. The maximum absolute atomic E-state index is 12.8. The van der Waals surface area contributed by atoms with E-state index in [4.69, 9.17) is 16.3 Å². The van der Waals surface area contributed by atoms with Crippen molar-refractivity contribution in [3.63, 3.8) is 0 Å². The number of nitrogens with zero attached hydrogens (tertiary/aromatic N) is 1. The van der Waals surface area contributed by atoms with Crippen molar-refractivity contribution >= 4 is 23.5 Å². The largest absolute Gasteiger partial charge is 0.492 e. The minimum atomic E-state index is -0.972. The van der Waals surface area contributed by atoms with Crippen LogP contribution in [0.1, 0.15) is 25.3 Å². The first-order chi connectivity index (χ1) is 10.5. The Morgan fingerprint density at radius 1 is 1.41 bits per heavy atom.